The number of rotatable bonds is 4. The average Bonchev–Trinajstić information content (AvgIpc) is 3.07. The van der Waals surface area contributed by atoms with Crippen molar-refractivity contribution in [1.29, 1.82) is 0 Å². The van der Waals surface area contributed by atoms with Gasteiger partial charge in [-0.25, -0.2) is 0 Å². The number of esters is 1. The van der Waals surface area contributed by atoms with Gasteiger partial charge in [0.05, 0.1) is 12.5 Å². The van der Waals surface area contributed by atoms with Crippen molar-refractivity contribution in [3.63, 3.8) is 0 Å². The number of carbonyl (C=O) groups excluding carboxylic acids is 1. The normalized spacial score (nSPS) is 25.9. The van der Waals surface area contributed by atoms with Gasteiger partial charge in [0.25, 0.3) is 0 Å². The molecule has 1 saturated carbocycles. The van der Waals surface area contributed by atoms with Crippen LogP contribution < -0.4 is 5.32 Å². The fraction of sp³-hybridized carbons (Fsp3) is 0.462. The van der Waals surface area contributed by atoms with E-state index in [9.17, 15) is 4.79 Å². The van der Waals surface area contributed by atoms with Crippen molar-refractivity contribution in [3.05, 3.63) is 32.7 Å². The second-order valence-corrected chi connectivity index (χ2v) is 6.26. The van der Waals surface area contributed by atoms with Crippen LogP contribution >= 0.6 is 31.9 Å². The van der Waals surface area contributed by atoms with Crippen LogP contribution in [0.15, 0.2) is 27.1 Å². The summed E-state index contributed by atoms with van der Waals surface area (Å²) in [5, 5.41) is 3.13. The summed E-state index contributed by atoms with van der Waals surface area (Å²) in [4.78, 5) is 12.1. The van der Waals surface area contributed by atoms with E-state index in [2.05, 4.69) is 37.2 Å². The molecular weight excluding hydrogens is 362 g/mol. The highest BCUT2D eigenvalue weighted by atomic mass is 79.9. The molecule has 0 heterocycles. The molecule has 1 aromatic carbocycles. The predicted molar refractivity (Wildman–Crippen MR) is 77.6 cm³/mol. The number of benzene rings is 1. The maximum atomic E-state index is 12.1. The Kier molecular flexibility index (Phi) is 4.14. The Bertz CT molecular complexity index is 478. The SMILES string of the molecule is CNCC1CC1(C(=O)OC)c1ccc(Br)c(Br)c1. The van der Waals surface area contributed by atoms with E-state index in [1.807, 2.05) is 25.2 Å². The fourth-order valence-electron chi connectivity index (χ4n) is 2.50. The first-order valence-corrected chi connectivity index (χ1v) is 7.33. The molecule has 0 spiro atoms. The molecular formula is C13H15Br2NO2. The lowest BCUT2D eigenvalue weighted by Gasteiger charge is -2.16. The summed E-state index contributed by atoms with van der Waals surface area (Å²) in [6.45, 7) is 0.822. The van der Waals surface area contributed by atoms with Crippen LogP contribution in [0.4, 0.5) is 0 Å². The summed E-state index contributed by atoms with van der Waals surface area (Å²) < 4.78 is 6.93. The number of nitrogens with one attached hydrogen (secondary N) is 1. The molecule has 2 unspecified atom stereocenters. The van der Waals surface area contributed by atoms with Crippen molar-refractivity contribution in [2.24, 2.45) is 5.92 Å². The van der Waals surface area contributed by atoms with Crippen molar-refractivity contribution < 1.29 is 9.53 Å². The Morgan fingerprint density at radius 3 is 2.78 bits per heavy atom. The molecule has 1 aliphatic carbocycles. The summed E-state index contributed by atoms with van der Waals surface area (Å²) in [5.74, 6) is 0.167. The van der Waals surface area contributed by atoms with Crippen LogP contribution in [-0.4, -0.2) is 26.7 Å². The monoisotopic (exact) mass is 375 g/mol. The molecule has 18 heavy (non-hydrogen) atoms. The molecule has 0 aromatic heterocycles. The Morgan fingerprint density at radius 1 is 1.50 bits per heavy atom. The number of carbonyl (C=O) groups is 1. The van der Waals surface area contributed by atoms with Gasteiger partial charge in [0.1, 0.15) is 0 Å². The minimum atomic E-state index is -0.471. The molecule has 1 aliphatic rings. The van der Waals surface area contributed by atoms with E-state index in [4.69, 9.17) is 4.74 Å². The summed E-state index contributed by atoms with van der Waals surface area (Å²) in [6, 6.07) is 5.94. The Labute approximate surface area is 124 Å². The molecule has 2 atom stereocenters. The van der Waals surface area contributed by atoms with Gasteiger partial charge in [-0.15, -0.1) is 0 Å². The van der Waals surface area contributed by atoms with Crippen molar-refractivity contribution in [2.45, 2.75) is 11.8 Å². The van der Waals surface area contributed by atoms with E-state index in [1.54, 1.807) is 0 Å². The summed E-state index contributed by atoms with van der Waals surface area (Å²) in [6.07, 6.45) is 0.842. The molecule has 0 amide bonds. The topological polar surface area (TPSA) is 38.3 Å². The third-order valence-corrected chi connectivity index (χ3v) is 5.42. The Balaban J connectivity index is 2.37. The van der Waals surface area contributed by atoms with Gasteiger partial charge in [-0.05, 0) is 75.5 Å². The van der Waals surface area contributed by atoms with E-state index in [1.165, 1.54) is 7.11 Å². The molecule has 0 saturated heterocycles. The number of methoxy groups -OCH3 is 1. The highest BCUT2D eigenvalue weighted by Crippen LogP contribution is 2.55. The van der Waals surface area contributed by atoms with E-state index >= 15 is 0 Å². The van der Waals surface area contributed by atoms with Crippen LogP contribution in [0.1, 0.15) is 12.0 Å². The van der Waals surface area contributed by atoms with Gasteiger partial charge in [0, 0.05) is 8.95 Å². The first-order chi connectivity index (χ1) is 8.56. The highest BCUT2D eigenvalue weighted by Gasteiger charge is 2.61. The first-order valence-electron chi connectivity index (χ1n) is 5.74. The third kappa shape index (κ3) is 2.24. The van der Waals surface area contributed by atoms with E-state index in [0.717, 1.165) is 27.5 Å². The molecule has 2 rings (SSSR count). The minimum Gasteiger partial charge on any atom is -0.468 e. The number of hydrogen-bond donors (Lipinski definition) is 1. The smallest absolute Gasteiger partial charge is 0.316 e. The quantitative estimate of drug-likeness (QED) is 0.821. The maximum Gasteiger partial charge on any atom is 0.316 e. The lowest BCUT2D eigenvalue weighted by Crippen LogP contribution is -2.27. The van der Waals surface area contributed by atoms with E-state index in [0.29, 0.717) is 5.92 Å². The second kappa shape index (κ2) is 5.31. The minimum absolute atomic E-state index is 0.142. The molecule has 0 radical (unpaired) electrons. The van der Waals surface area contributed by atoms with Crippen LogP contribution in [0.2, 0.25) is 0 Å². The fourth-order valence-corrected chi connectivity index (χ4v) is 3.13. The van der Waals surface area contributed by atoms with Crippen LogP contribution in [0.25, 0.3) is 0 Å². The van der Waals surface area contributed by atoms with Crippen molar-refractivity contribution >= 4 is 37.8 Å². The molecule has 98 valence electrons. The van der Waals surface area contributed by atoms with Crippen LogP contribution in [0, 0.1) is 5.92 Å². The van der Waals surface area contributed by atoms with Gasteiger partial charge in [0.15, 0.2) is 0 Å². The van der Waals surface area contributed by atoms with Gasteiger partial charge in [0.2, 0.25) is 0 Å². The van der Waals surface area contributed by atoms with Crippen molar-refractivity contribution in [3.8, 4) is 0 Å². The molecule has 1 fully saturated rings. The lowest BCUT2D eigenvalue weighted by atomic mass is 9.93. The summed E-state index contributed by atoms with van der Waals surface area (Å²) >= 11 is 6.92. The molecule has 0 bridgehead atoms. The van der Waals surface area contributed by atoms with Gasteiger partial charge >= 0.3 is 5.97 Å². The third-order valence-electron chi connectivity index (χ3n) is 3.54. The molecule has 1 aromatic rings. The Morgan fingerprint density at radius 2 is 2.22 bits per heavy atom. The van der Waals surface area contributed by atoms with Crippen LogP contribution in [-0.2, 0) is 14.9 Å². The van der Waals surface area contributed by atoms with Crippen LogP contribution in [0.3, 0.4) is 0 Å². The molecule has 3 nitrogen and oxygen atoms in total. The highest BCUT2D eigenvalue weighted by molar-refractivity contribution is 9.13. The number of halogens is 2. The largest absolute Gasteiger partial charge is 0.468 e. The van der Waals surface area contributed by atoms with E-state index in [-0.39, 0.29) is 5.97 Å². The lowest BCUT2D eigenvalue weighted by molar-refractivity contribution is -0.144. The first kappa shape index (κ1) is 14.0. The second-order valence-electron chi connectivity index (χ2n) is 4.55. The van der Waals surface area contributed by atoms with Crippen molar-refractivity contribution in [2.75, 3.05) is 20.7 Å². The standard InChI is InChI=1S/C13H15Br2NO2/c1-16-7-9-6-13(9,12(17)18-2)8-3-4-10(14)11(15)5-8/h3-5,9,16H,6-7H2,1-2H3. The van der Waals surface area contributed by atoms with Crippen LogP contribution in [0.5, 0.6) is 0 Å². The Hall–Kier alpha value is -0.390. The van der Waals surface area contributed by atoms with Crippen molar-refractivity contribution in [1.82, 2.24) is 5.32 Å². The van der Waals surface area contributed by atoms with E-state index < -0.39 is 5.41 Å². The molecule has 1 N–H and O–H groups in total. The maximum absolute atomic E-state index is 12.1. The summed E-state index contributed by atoms with van der Waals surface area (Å²) in [7, 11) is 3.35. The zero-order valence-electron chi connectivity index (χ0n) is 10.3. The zero-order valence-corrected chi connectivity index (χ0v) is 13.5. The zero-order chi connectivity index (χ0) is 13.3. The predicted octanol–water partition coefficient (Wildman–Crippen LogP) is 2.86. The number of hydrogen-bond acceptors (Lipinski definition) is 3. The van der Waals surface area contributed by atoms with Gasteiger partial charge in [-0.1, -0.05) is 6.07 Å². The van der Waals surface area contributed by atoms with Gasteiger partial charge in [-0.2, -0.15) is 0 Å². The molecule has 0 aliphatic heterocycles. The van der Waals surface area contributed by atoms with Gasteiger partial charge in [-0.3, -0.25) is 4.79 Å². The summed E-state index contributed by atoms with van der Waals surface area (Å²) in [5.41, 5.74) is 0.547. The van der Waals surface area contributed by atoms with Gasteiger partial charge < -0.3 is 10.1 Å². The number of ether oxygens (including phenoxy) is 1. The molecule has 5 heteroatoms. The average molecular weight is 377 g/mol.